The predicted molar refractivity (Wildman–Crippen MR) is 161 cm³/mol. The van der Waals surface area contributed by atoms with Gasteiger partial charge >= 0.3 is 0 Å². The Morgan fingerprint density at radius 3 is 2.35 bits per heavy atom. The van der Waals surface area contributed by atoms with Gasteiger partial charge in [0, 0.05) is 43.2 Å². The summed E-state index contributed by atoms with van der Waals surface area (Å²) in [7, 11) is -1.00. The molecule has 0 aliphatic heterocycles. The second-order valence-electron chi connectivity index (χ2n) is 9.72. The summed E-state index contributed by atoms with van der Waals surface area (Å²) in [6, 6.07) is 20.3. The second-order valence-corrected chi connectivity index (χ2v) is 11.7. The number of pyridine rings is 1. The van der Waals surface area contributed by atoms with E-state index in [1.54, 1.807) is 6.07 Å². The molecule has 0 bridgehead atoms. The molecular formula is C31H27FN4O6S. The Balaban J connectivity index is 1.69. The van der Waals surface area contributed by atoms with Crippen LogP contribution in [0.1, 0.15) is 26.4 Å². The van der Waals surface area contributed by atoms with Crippen LogP contribution in [0.2, 0.25) is 0 Å². The second kappa shape index (κ2) is 11.6. The van der Waals surface area contributed by atoms with E-state index >= 15 is 0 Å². The molecular weight excluding hydrogens is 575 g/mol. The van der Waals surface area contributed by atoms with Crippen molar-refractivity contribution in [2.24, 2.45) is 0 Å². The number of hydrogen-bond donors (Lipinski definition) is 3. The van der Waals surface area contributed by atoms with Crippen LogP contribution in [-0.2, 0) is 16.6 Å². The van der Waals surface area contributed by atoms with E-state index in [4.69, 9.17) is 4.42 Å². The highest BCUT2D eigenvalue weighted by atomic mass is 32.2. The van der Waals surface area contributed by atoms with E-state index in [2.05, 4.69) is 15.6 Å². The fraction of sp³-hybridized carbons (Fsp3) is 0.129. The van der Waals surface area contributed by atoms with Crippen LogP contribution in [0.15, 0.2) is 83.3 Å². The molecule has 0 unspecified atom stereocenters. The average Bonchev–Trinajstić information content (AvgIpc) is 3.37. The third-order valence-corrected chi connectivity index (χ3v) is 8.06. The first kappa shape index (κ1) is 29.3. The van der Waals surface area contributed by atoms with Gasteiger partial charge in [0.2, 0.25) is 10.0 Å². The van der Waals surface area contributed by atoms with Crippen molar-refractivity contribution in [1.29, 1.82) is 0 Å². The smallest absolute Gasteiger partial charge is 0.274 e. The standard InChI is InChI=1S/C31H27FN4O6S/c1-33-30(38)27-22-15-21(23-13-14-25(37)28(35-23)31(39)34-17-18-7-5-4-6-8-18)24(36(2)43(3,40)41)16-26(22)42-29(27)19-9-11-20(32)12-10-19/h4-16,37H,17H2,1-3H3,(H,33,38)(H,34,39). The van der Waals surface area contributed by atoms with Gasteiger partial charge < -0.3 is 20.2 Å². The molecule has 5 rings (SSSR count). The van der Waals surface area contributed by atoms with Gasteiger partial charge in [-0.05, 0) is 48.0 Å². The lowest BCUT2D eigenvalue weighted by Gasteiger charge is -2.20. The lowest BCUT2D eigenvalue weighted by Crippen LogP contribution is -2.26. The van der Waals surface area contributed by atoms with Crippen molar-refractivity contribution in [2.45, 2.75) is 6.54 Å². The molecule has 2 heterocycles. The Hall–Kier alpha value is -5.23. The molecule has 0 saturated carbocycles. The maximum Gasteiger partial charge on any atom is 0.274 e. The van der Waals surface area contributed by atoms with Crippen molar-refractivity contribution in [3.05, 3.63) is 102 Å². The number of nitrogens with one attached hydrogen (secondary N) is 2. The fourth-order valence-electron chi connectivity index (χ4n) is 4.56. The van der Waals surface area contributed by atoms with E-state index in [1.807, 2.05) is 30.3 Å². The number of furan rings is 1. The third kappa shape index (κ3) is 5.90. The Morgan fingerprint density at radius 1 is 1.00 bits per heavy atom. The molecule has 0 atom stereocenters. The SMILES string of the molecule is CNC(=O)c1c(-c2ccc(F)cc2)oc2cc(N(C)S(C)(=O)=O)c(-c3ccc(O)c(C(=O)NCc4ccccc4)n3)cc12. The monoisotopic (exact) mass is 602 g/mol. The number of rotatable bonds is 8. The largest absolute Gasteiger partial charge is 0.505 e. The molecule has 0 fully saturated rings. The zero-order valence-corrected chi connectivity index (χ0v) is 24.2. The molecule has 10 nitrogen and oxygen atoms in total. The fourth-order valence-corrected chi connectivity index (χ4v) is 5.07. The highest BCUT2D eigenvalue weighted by molar-refractivity contribution is 7.92. The van der Waals surface area contributed by atoms with E-state index in [1.165, 1.54) is 56.6 Å². The van der Waals surface area contributed by atoms with Gasteiger partial charge in [0.05, 0.1) is 23.2 Å². The first-order valence-electron chi connectivity index (χ1n) is 13.0. The number of fused-ring (bicyclic) bond motifs is 1. The van der Waals surface area contributed by atoms with Crippen molar-refractivity contribution in [3.63, 3.8) is 0 Å². The number of sulfonamides is 1. The van der Waals surface area contributed by atoms with Gasteiger partial charge in [0.1, 0.15) is 22.9 Å². The van der Waals surface area contributed by atoms with E-state index in [-0.39, 0.29) is 51.8 Å². The van der Waals surface area contributed by atoms with E-state index in [0.717, 1.165) is 16.1 Å². The summed E-state index contributed by atoms with van der Waals surface area (Å²) >= 11 is 0. The zero-order chi connectivity index (χ0) is 30.9. The van der Waals surface area contributed by atoms with Crippen LogP contribution in [0.4, 0.5) is 10.1 Å². The molecule has 0 radical (unpaired) electrons. The quantitative estimate of drug-likeness (QED) is 0.234. The van der Waals surface area contributed by atoms with E-state index < -0.39 is 27.7 Å². The first-order chi connectivity index (χ1) is 20.5. The average molecular weight is 603 g/mol. The third-order valence-electron chi connectivity index (χ3n) is 6.86. The molecule has 0 saturated heterocycles. The molecule has 5 aromatic rings. The number of nitrogens with zero attached hydrogens (tertiary/aromatic N) is 2. The number of amides is 2. The van der Waals surface area contributed by atoms with Gasteiger partial charge in [0.15, 0.2) is 5.69 Å². The van der Waals surface area contributed by atoms with Gasteiger partial charge in [0.25, 0.3) is 11.8 Å². The number of halogens is 1. The number of aromatic nitrogens is 1. The number of carbonyl (C=O) groups excluding carboxylic acids is 2. The van der Waals surface area contributed by atoms with Crippen molar-refractivity contribution in [1.82, 2.24) is 15.6 Å². The van der Waals surface area contributed by atoms with Crippen molar-refractivity contribution in [3.8, 4) is 28.3 Å². The minimum atomic E-state index is -3.80. The first-order valence-corrected chi connectivity index (χ1v) is 14.9. The summed E-state index contributed by atoms with van der Waals surface area (Å²) in [5.74, 6) is -1.83. The van der Waals surface area contributed by atoms with Gasteiger partial charge in [-0.2, -0.15) is 0 Å². The molecule has 0 aliphatic carbocycles. The van der Waals surface area contributed by atoms with Crippen molar-refractivity contribution in [2.75, 3.05) is 24.7 Å². The molecule has 0 aliphatic rings. The van der Waals surface area contributed by atoms with Crippen LogP contribution in [0.5, 0.6) is 5.75 Å². The number of aromatic hydroxyl groups is 1. The van der Waals surface area contributed by atoms with E-state index in [0.29, 0.717) is 10.9 Å². The lowest BCUT2D eigenvalue weighted by molar-refractivity contribution is 0.0940. The van der Waals surface area contributed by atoms with Gasteiger partial charge in [-0.1, -0.05) is 30.3 Å². The Morgan fingerprint density at radius 2 is 1.70 bits per heavy atom. The summed E-state index contributed by atoms with van der Waals surface area (Å²) in [4.78, 5) is 30.5. The van der Waals surface area contributed by atoms with Crippen LogP contribution in [-0.4, -0.2) is 50.7 Å². The van der Waals surface area contributed by atoms with Crippen LogP contribution in [0.3, 0.4) is 0 Å². The summed E-state index contributed by atoms with van der Waals surface area (Å²) < 4.78 is 46.0. The van der Waals surface area contributed by atoms with Gasteiger partial charge in [-0.3, -0.25) is 13.9 Å². The van der Waals surface area contributed by atoms with Crippen molar-refractivity contribution >= 4 is 38.5 Å². The number of anilines is 1. The number of hydrogen-bond acceptors (Lipinski definition) is 7. The summed E-state index contributed by atoms with van der Waals surface area (Å²) in [5, 5.41) is 16.1. The molecule has 2 amide bonds. The topological polar surface area (TPSA) is 142 Å². The number of carbonyl (C=O) groups is 2. The molecule has 3 N–H and O–H groups in total. The Labute approximate surface area is 246 Å². The minimum absolute atomic E-state index is 0.138. The van der Waals surface area contributed by atoms with Crippen LogP contribution in [0.25, 0.3) is 33.6 Å². The molecule has 3 aromatic carbocycles. The van der Waals surface area contributed by atoms with Crippen molar-refractivity contribution < 1.29 is 31.9 Å². The molecule has 43 heavy (non-hydrogen) atoms. The summed E-state index contributed by atoms with van der Waals surface area (Å²) in [6.07, 6.45) is 1.02. The summed E-state index contributed by atoms with van der Waals surface area (Å²) in [5.41, 5.74) is 1.87. The highest BCUT2D eigenvalue weighted by Gasteiger charge is 2.27. The molecule has 0 spiro atoms. The molecule has 2 aromatic heterocycles. The lowest BCUT2D eigenvalue weighted by atomic mass is 10.0. The molecule has 12 heteroatoms. The highest BCUT2D eigenvalue weighted by Crippen LogP contribution is 2.41. The Bertz CT molecular complexity index is 1960. The minimum Gasteiger partial charge on any atom is -0.505 e. The zero-order valence-electron chi connectivity index (χ0n) is 23.4. The van der Waals surface area contributed by atoms with Crippen LogP contribution < -0.4 is 14.9 Å². The maximum absolute atomic E-state index is 13.7. The van der Waals surface area contributed by atoms with E-state index in [9.17, 15) is 27.5 Å². The van der Waals surface area contributed by atoms with Gasteiger partial charge in [-0.25, -0.2) is 17.8 Å². The maximum atomic E-state index is 13.7. The normalized spacial score (nSPS) is 11.3. The van der Waals surface area contributed by atoms with Gasteiger partial charge in [-0.15, -0.1) is 0 Å². The summed E-state index contributed by atoms with van der Waals surface area (Å²) in [6.45, 7) is 0.190. The predicted octanol–water partition coefficient (Wildman–Crippen LogP) is 4.69. The van der Waals surface area contributed by atoms with Crippen LogP contribution >= 0.6 is 0 Å². The molecule has 220 valence electrons. The Kier molecular flexibility index (Phi) is 7.87. The van der Waals surface area contributed by atoms with Crippen LogP contribution in [0, 0.1) is 5.82 Å². The number of benzene rings is 3.